The topological polar surface area (TPSA) is 80.8 Å². The maximum absolute atomic E-state index is 14.0. The van der Waals surface area contributed by atoms with Crippen molar-refractivity contribution in [2.75, 3.05) is 4.90 Å². The number of ketones is 2. The molecule has 0 saturated carbocycles. The van der Waals surface area contributed by atoms with Crippen LogP contribution in [0.25, 0.3) is 0 Å². The summed E-state index contributed by atoms with van der Waals surface area (Å²) in [4.78, 5) is 56.5. The normalized spacial score (nSPS) is 24.4. The van der Waals surface area contributed by atoms with Crippen LogP contribution in [0.5, 0.6) is 0 Å². The Bertz CT molecular complexity index is 1410. The van der Waals surface area contributed by atoms with Gasteiger partial charge in [0.05, 0.1) is 23.6 Å². The van der Waals surface area contributed by atoms with Gasteiger partial charge in [0.2, 0.25) is 29.0 Å². The van der Waals surface area contributed by atoms with Crippen LogP contribution in [0.3, 0.4) is 0 Å². The van der Waals surface area contributed by atoms with Gasteiger partial charge in [0.25, 0.3) is 0 Å². The van der Waals surface area contributed by atoms with Gasteiger partial charge in [0.15, 0.2) is 0 Å². The fourth-order valence-electron chi connectivity index (χ4n) is 5.80. The lowest BCUT2D eigenvalue weighted by Gasteiger charge is -2.27. The molecule has 0 N–H and O–H groups in total. The molecule has 3 aromatic carbocycles. The van der Waals surface area contributed by atoms with Crippen molar-refractivity contribution < 1.29 is 23.9 Å². The number of hydrogen-bond acceptors (Lipinski definition) is 5. The third-order valence-electron chi connectivity index (χ3n) is 7.18. The van der Waals surface area contributed by atoms with E-state index in [9.17, 15) is 19.2 Å². The van der Waals surface area contributed by atoms with Gasteiger partial charge in [-0.2, -0.15) is 0 Å². The van der Waals surface area contributed by atoms with Gasteiger partial charge >= 0.3 is 0 Å². The number of rotatable bonds is 2. The molecule has 0 aromatic heterocycles. The summed E-state index contributed by atoms with van der Waals surface area (Å²) in [6.07, 6.45) is -0.928. The summed E-state index contributed by atoms with van der Waals surface area (Å²) in [5.74, 6) is -4.43. The number of imide groups is 1. The van der Waals surface area contributed by atoms with E-state index in [1.54, 1.807) is 60.7 Å². The van der Waals surface area contributed by atoms with Gasteiger partial charge in [0, 0.05) is 15.6 Å². The minimum absolute atomic E-state index is 0.220. The van der Waals surface area contributed by atoms with Gasteiger partial charge in [-0.05, 0) is 54.8 Å². The van der Waals surface area contributed by atoms with E-state index in [1.165, 1.54) is 0 Å². The van der Waals surface area contributed by atoms with Crippen LogP contribution >= 0.6 is 15.9 Å². The maximum Gasteiger partial charge on any atom is 0.241 e. The second kappa shape index (κ2) is 7.54. The number of aryl methyl sites for hydroxylation is 2. The Kier molecular flexibility index (Phi) is 4.75. The molecule has 0 unspecified atom stereocenters. The van der Waals surface area contributed by atoms with Crippen molar-refractivity contribution in [3.8, 4) is 0 Å². The number of carbonyl (C=O) groups excluding carboxylic acids is 4. The fourth-order valence-corrected chi connectivity index (χ4v) is 6.07. The molecule has 35 heavy (non-hydrogen) atoms. The lowest BCUT2D eigenvalue weighted by atomic mass is 9.77. The monoisotopic (exact) mass is 529 g/mol. The molecule has 2 amide bonds. The molecule has 3 aromatic rings. The first-order chi connectivity index (χ1) is 16.7. The largest absolute Gasteiger partial charge is 0.349 e. The molecule has 1 spiro atoms. The molecule has 0 radical (unpaired) electrons. The van der Waals surface area contributed by atoms with E-state index < -0.39 is 46.9 Å². The van der Waals surface area contributed by atoms with Crippen molar-refractivity contribution in [1.29, 1.82) is 0 Å². The average Bonchev–Trinajstić information content (AvgIpc) is 3.39. The highest BCUT2D eigenvalue weighted by atomic mass is 79.9. The van der Waals surface area contributed by atoms with E-state index in [0.717, 1.165) is 20.5 Å². The van der Waals surface area contributed by atoms with Crippen molar-refractivity contribution in [3.63, 3.8) is 0 Å². The van der Waals surface area contributed by atoms with E-state index in [-0.39, 0.29) is 11.1 Å². The van der Waals surface area contributed by atoms with Crippen molar-refractivity contribution in [2.24, 2.45) is 11.8 Å². The zero-order chi connectivity index (χ0) is 24.6. The predicted octanol–water partition coefficient (Wildman–Crippen LogP) is 4.76. The first-order valence-corrected chi connectivity index (χ1v) is 12.1. The van der Waals surface area contributed by atoms with Gasteiger partial charge in [-0.15, -0.1) is 0 Å². The average molecular weight is 530 g/mol. The Morgan fingerprint density at radius 2 is 1.37 bits per heavy atom. The van der Waals surface area contributed by atoms with E-state index in [0.29, 0.717) is 11.3 Å². The molecule has 6 nitrogen and oxygen atoms in total. The minimum atomic E-state index is -2.06. The van der Waals surface area contributed by atoms with Crippen molar-refractivity contribution in [1.82, 2.24) is 0 Å². The summed E-state index contributed by atoms with van der Waals surface area (Å²) < 4.78 is 7.13. The number of benzene rings is 3. The molecule has 3 atom stereocenters. The van der Waals surface area contributed by atoms with Crippen LogP contribution in [0.15, 0.2) is 71.2 Å². The lowest BCUT2D eigenvalue weighted by molar-refractivity contribution is -0.127. The van der Waals surface area contributed by atoms with Gasteiger partial charge in [0.1, 0.15) is 0 Å². The Labute approximate surface area is 210 Å². The number of ether oxygens (including phenoxy) is 1. The van der Waals surface area contributed by atoms with E-state index in [2.05, 4.69) is 15.9 Å². The molecule has 2 saturated heterocycles. The first-order valence-electron chi connectivity index (χ1n) is 11.3. The molecular formula is C28H20BrNO5. The molecule has 0 bridgehead atoms. The SMILES string of the molecule is Cc1cc(C)cc(N2C(=O)[C@@H]3[C@@H](c4ccc(Br)cc4)OC4(C(=O)c5ccccc5C4=O)[C@@H]3C2=O)c1. The molecular weight excluding hydrogens is 510 g/mol. The molecule has 3 aliphatic rings. The Morgan fingerprint density at radius 1 is 0.800 bits per heavy atom. The molecule has 2 aliphatic heterocycles. The minimum Gasteiger partial charge on any atom is -0.349 e. The van der Waals surface area contributed by atoms with Gasteiger partial charge in [-0.25, -0.2) is 4.90 Å². The smallest absolute Gasteiger partial charge is 0.241 e. The van der Waals surface area contributed by atoms with Crippen LogP contribution in [-0.4, -0.2) is 29.0 Å². The summed E-state index contributed by atoms with van der Waals surface area (Å²) in [7, 11) is 0. The van der Waals surface area contributed by atoms with Crippen LogP contribution in [-0.2, 0) is 14.3 Å². The lowest BCUT2D eigenvalue weighted by Crippen LogP contribution is -2.51. The third kappa shape index (κ3) is 2.91. The Hall–Kier alpha value is -3.42. The van der Waals surface area contributed by atoms with Crippen LogP contribution < -0.4 is 4.90 Å². The predicted molar refractivity (Wildman–Crippen MR) is 131 cm³/mol. The third-order valence-corrected chi connectivity index (χ3v) is 7.71. The zero-order valence-electron chi connectivity index (χ0n) is 18.9. The number of amides is 2. The molecule has 6 rings (SSSR count). The number of halogens is 1. The highest BCUT2D eigenvalue weighted by Crippen LogP contribution is 2.57. The number of hydrogen-bond donors (Lipinski definition) is 0. The zero-order valence-corrected chi connectivity index (χ0v) is 20.5. The van der Waals surface area contributed by atoms with Crippen molar-refractivity contribution >= 4 is 45.0 Å². The fraction of sp³-hybridized carbons (Fsp3) is 0.214. The van der Waals surface area contributed by atoms with Crippen LogP contribution in [0.4, 0.5) is 5.69 Å². The number of anilines is 1. The van der Waals surface area contributed by atoms with Crippen LogP contribution in [0.2, 0.25) is 0 Å². The van der Waals surface area contributed by atoms with Gasteiger partial charge < -0.3 is 4.74 Å². The molecule has 1 aliphatic carbocycles. The highest BCUT2D eigenvalue weighted by molar-refractivity contribution is 9.10. The molecule has 2 fully saturated rings. The van der Waals surface area contributed by atoms with E-state index >= 15 is 0 Å². The maximum atomic E-state index is 14.0. The summed E-state index contributed by atoms with van der Waals surface area (Å²) >= 11 is 3.41. The quantitative estimate of drug-likeness (QED) is 0.353. The van der Waals surface area contributed by atoms with Crippen molar-refractivity contribution in [3.05, 3.63) is 99.0 Å². The summed E-state index contributed by atoms with van der Waals surface area (Å²) in [6.45, 7) is 3.77. The number of carbonyl (C=O) groups is 4. The van der Waals surface area contributed by atoms with Gasteiger partial charge in [-0.3, -0.25) is 19.2 Å². The second-order valence-electron chi connectivity index (χ2n) is 9.39. The highest BCUT2D eigenvalue weighted by Gasteiger charge is 2.74. The summed E-state index contributed by atoms with van der Waals surface area (Å²) in [5.41, 5.74) is 1.23. The van der Waals surface area contributed by atoms with Crippen LogP contribution in [0, 0.1) is 25.7 Å². The summed E-state index contributed by atoms with van der Waals surface area (Å²) in [5, 5.41) is 0. The summed E-state index contributed by atoms with van der Waals surface area (Å²) in [6, 6.07) is 19.1. The second-order valence-corrected chi connectivity index (χ2v) is 10.3. The number of fused-ring (bicyclic) bond motifs is 3. The van der Waals surface area contributed by atoms with Gasteiger partial charge in [-0.1, -0.05) is 58.4 Å². The Morgan fingerprint density at radius 3 is 1.94 bits per heavy atom. The number of Topliss-reactive ketones (excluding diaryl/α,β-unsaturated/α-hetero) is 2. The molecule has 2 heterocycles. The van der Waals surface area contributed by atoms with E-state index in [1.807, 2.05) is 19.9 Å². The molecule has 174 valence electrons. The number of nitrogens with zero attached hydrogens (tertiary/aromatic N) is 1. The molecule has 7 heteroatoms. The van der Waals surface area contributed by atoms with E-state index in [4.69, 9.17) is 4.74 Å². The van der Waals surface area contributed by atoms with Crippen molar-refractivity contribution in [2.45, 2.75) is 25.6 Å². The van der Waals surface area contributed by atoms with Crippen LogP contribution in [0.1, 0.15) is 43.5 Å². The standard InChI is InChI=1S/C28H20BrNO5/c1-14-11-15(2)13-18(12-14)30-26(33)21-22(27(30)34)28(35-23(21)16-7-9-17(29)10-8-16)24(31)19-5-3-4-6-20(19)25(28)32/h3-13,21-23H,1-2H3/t21-,22-,23+/m0/s1. The Balaban J connectivity index is 1.55. The first kappa shape index (κ1) is 22.1.